The highest BCUT2D eigenvalue weighted by molar-refractivity contribution is 7.98. The average Bonchev–Trinajstić information content (AvgIpc) is 2.47. The van der Waals surface area contributed by atoms with Crippen molar-refractivity contribution in [1.29, 1.82) is 0 Å². The summed E-state index contributed by atoms with van der Waals surface area (Å²) in [7, 11) is 1.72. The summed E-state index contributed by atoms with van der Waals surface area (Å²) < 4.78 is 5.48. The zero-order valence-corrected chi connectivity index (χ0v) is 14.8. The number of aryl methyl sites for hydroxylation is 1. The molecule has 0 radical (unpaired) electrons. The van der Waals surface area contributed by atoms with Crippen molar-refractivity contribution in [1.82, 2.24) is 9.97 Å². The fourth-order valence-corrected chi connectivity index (χ4v) is 5.04. The molecule has 0 amide bonds. The average molecular weight is 329 g/mol. The second-order valence-electron chi connectivity index (χ2n) is 7.12. The van der Waals surface area contributed by atoms with Gasteiger partial charge in [-0.3, -0.25) is 0 Å². The molecule has 0 unspecified atom stereocenters. The second kappa shape index (κ2) is 5.55. The third kappa shape index (κ3) is 2.45. The van der Waals surface area contributed by atoms with Gasteiger partial charge in [-0.15, -0.1) is 0 Å². The van der Waals surface area contributed by atoms with E-state index >= 15 is 0 Å². The number of thioether (sulfide) groups is 1. The molecule has 2 aliphatic rings. The summed E-state index contributed by atoms with van der Waals surface area (Å²) in [6, 6.07) is 4.18. The number of benzene rings is 1. The highest BCUT2D eigenvalue weighted by Gasteiger charge is 2.52. The molecular formula is C18H23N3OS. The van der Waals surface area contributed by atoms with E-state index in [4.69, 9.17) is 4.74 Å². The molecule has 1 spiro atoms. The van der Waals surface area contributed by atoms with E-state index in [9.17, 15) is 0 Å². The number of anilines is 1. The molecule has 4 nitrogen and oxygen atoms in total. The van der Waals surface area contributed by atoms with Gasteiger partial charge < -0.3 is 9.64 Å². The zero-order valence-electron chi connectivity index (χ0n) is 14.0. The molecule has 1 aliphatic carbocycles. The van der Waals surface area contributed by atoms with Gasteiger partial charge in [-0.05, 0) is 55.4 Å². The van der Waals surface area contributed by atoms with Crippen LogP contribution in [0.5, 0.6) is 5.75 Å². The molecule has 1 aliphatic heterocycles. The van der Waals surface area contributed by atoms with Crippen LogP contribution < -0.4 is 9.64 Å². The van der Waals surface area contributed by atoms with Gasteiger partial charge in [-0.1, -0.05) is 0 Å². The molecule has 0 N–H and O–H groups in total. The topological polar surface area (TPSA) is 38.2 Å². The quantitative estimate of drug-likeness (QED) is 0.858. The molecule has 5 heteroatoms. The van der Waals surface area contributed by atoms with Gasteiger partial charge >= 0.3 is 0 Å². The van der Waals surface area contributed by atoms with Crippen LogP contribution in [0.1, 0.15) is 18.4 Å². The number of fused-ring (bicyclic) bond motifs is 1. The molecule has 0 atom stereocenters. The van der Waals surface area contributed by atoms with E-state index < -0.39 is 0 Å². The molecule has 1 aromatic carbocycles. The zero-order chi connectivity index (χ0) is 16.0. The Kier molecular flexibility index (Phi) is 3.63. The second-order valence-corrected chi connectivity index (χ2v) is 8.03. The van der Waals surface area contributed by atoms with Gasteiger partial charge in [0.2, 0.25) is 0 Å². The lowest BCUT2D eigenvalue weighted by Crippen LogP contribution is -2.63. The predicted molar refractivity (Wildman–Crippen MR) is 96.6 cm³/mol. The first-order valence-corrected chi connectivity index (χ1v) is 9.57. The number of hydrogen-bond acceptors (Lipinski definition) is 5. The summed E-state index contributed by atoms with van der Waals surface area (Å²) >= 11 is 1.98. The van der Waals surface area contributed by atoms with Crippen molar-refractivity contribution in [2.45, 2.75) is 19.8 Å². The maximum Gasteiger partial charge on any atom is 0.140 e. The van der Waals surface area contributed by atoms with E-state index in [2.05, 4.69) is 40.2 Å². The Labute approximate surface area is 141 Å². The summed E-state index contributed by atoms with van der Waals surface area (Å²) in [5, 5.41) is 1.10. The van der Waals surface area contributed by atoms with Crippen molar-refractivity contribution in [3.05, 3.63) is 24.0 Å². The van der Waals surface area contributed by atoms with E-state index in [1.54, 1.807) is 13.4 Å². The number of nitrogens with zero attached hydrogens (tertiary/aromatic N) is 3. The van der Waals surface area contributed by atoms with E-state index in [-0.39, 0.29) is 0 Å². The SMILES string of the molecule is COc1cc2c(N3CC4(CC(CSC)C4)C3)ncnc2cc1C. The molecule has 23 heavy (non-hydrogen) atoms. The smallest absolute Gasteiger partial charge is 0.140 e. The van der Waals surface area contributed by atoms with Crippen LogP contribution in [0.15, 0.2) is 18.5 Å². The summed E-state index contributed by atoms with van der Waals surface area (Å²) in [5.74, 6) is 4.21. The third-order valence-corrected chi connectivity index (χ3v) is 6.13. The first-order chi connectivity index (χ1) is 11.1. The van der Waals surface area contributed by atoms with Crippen molar-refractivity contribution >= 4 is 28.5 Å². The predicted octanol–water partition coefficient (Wildman–Crippen LogP) is 3.53. The lowest BCUT2D eigenvalue weighted by atomic mass is 9.58. The Morgan fingerprint density at radius 1 is 1.30 bits per heavy atom. The van der Waals surface area contributed by atoms with Gasteiger partial charge in [0.25, 0.3) is 0 Å². The minimum Gasteiger partial charge on any atom is -0.496 e. The Bertz CT molecular complexity index is 734. The van der Waals surface area contributed by atoms with Gasteiger partial charge in [0.15, 0.2) is 0 Å². The Balaban J connectivity index is 1.57. The van der Waals surface area contributed by atoms with Gasteiger partial charge in [-0.2, -0.15) is 11.8 Å². The van der Waals surface area contributed by atoms with Crippen LogP contribution in [0.3, 0.4) is 0 Å². The summed E-state index contributed by atoms with van der Waals surface area (Å²) in [5.41, 5.74) is 2.68. The molecule has 2 fully saturated rings. The van der Waals surface area contributed by atoms with Crippen molar-refractivity contribution in [2.75, 3.05) is 37.1 Å². The molecule has 0 bridgehead atoms. The Morgan fingerprint density at radius 3 is 2.78 bits per heavy atom. The number of ether oxygens (including phenoxy) is 1. The summed E-state index contributed by atoms with van der Waals surface area (Å²) in [4.78, 5) is 11.4. The van der Waals surface area contributed by atoms with Crippen molar-refractivity contribution < 1.29 is 4.74 Å². The third-order valence-electron chi connectivity index (χ3n) is 5.33. The van der Waals surface area contributed by atoms with Gasteiger partial charge in [0, 0.05) is 23.9 Å². The maximum absolute atomic E-state index is 5.48. The number of methoxy groups -OCH3 is 1. The lowest BCUT2D eigenvalue weighted by Gasteiger charge is -2.59. The maximum atomic E-state index is 5.48. The molecule has 1 aromatic heterocycles. The van der Waals surface area contributed by atoms with Crippen molar-refractivity contribution in [3.8, 4) is 5.75 Å². The minimum atomic E-state index is 0.562. The molecule has 1 saturated heterocycles. The normalized spacial score (nSPS) is 19.7. The first-order valence-electron chi connectivity index (χ1n) is 8.17. The fourth-order valence-electron chi connectivity index (χ4n) is 4.34. The largest absolute Gasteiger partial charge is 0.496 e. The van der Waals surface area contributed by atoms with Crippen LogP contribution in [0, 0.1) is 18.3 Å². The van der Waals surface area contributed by atoms with Gasteiger partial charge in [0.05, 0.1) is 12.6 Å². The van der Waals surface area contributed by atoms with Crippen molar-refractivity contribution in [2.24, 2.45) is 11.3 Å². The fraction of sp³-hybridized carbons (Fsp3) is 0.556. The lowest BCUT2D eigenvalue weighted by molar-refractivity contribution is 0.0358. The summed E-state index contributed by atoms with van der Waals surface area (Å²) in [6.07, 6.45) is 6.66. The molecule has 1 saturated carbocycles. The van der Waals surface area contributed by atoms with E-state index in [0.717, 1.165) is 47.0 Å². The van der Waals surface area contributed by atoms with Gasteiger partial charge in [-0.25, -0.2) is 9.97 Å². The number of rotatable bonds is 4. The van der Waals surface area contributed by atoms with E-state index in [0.29, 0.717) is 5.41 Å². The van der Waals surface area contributed by atoms with Crippen LogP contribution in [0.2, 0.25) is 0 Å². The van der Waals surface area contributed by atoms with Crippen LogP contribution in [0.25, 0.3) is 10.9 Å². The number of aromatic nitrogens is 2. The van der Waals surface area contributed by atoms with Gasteiger partial charge in [0.1, 0.15) is 17.9 Å². The monoisotopic (exact) mass is 329 g/mol. The van der Waals surface area contributed by atoms with Crippen LogP contribution in [-0.4, -0.2) is 42.2 Å². The molecule has 2 heterocycles. The standard InChI is InChI=1S/C18H23N3OS/c1-12-4-15-14(5-16(12)22-2)17(20-11-19-15)21-9-18(10-21)6-13(7-18)8-23-3/h4-5,11,13H,6-10H2,1-3H3. The van der Waals surface area contributed by atoms with E-state index in [1.807, 2.05) is 11.8 Å². The highest BCUT2D eigenvalue weighted by Crippen LogP contribution is 2.53. The summed E-state index contributed by atoms with van der Waals surface area (Å²) in [6.45, 7) is 4.33. The molecule has 4 rings (SSSR count). The van der Waals surface area contributed by atoms with E-state index in [1.165, 1.54) is 18.6 Å². The van der Waals surface area contributed by atoms with Crippen molar-refractivity contribution in [3.63, 3.8) is 0 Å². The minimum absolute atomic E-state index is 0.562. The first kappa shape index (κ1) is 15.1. The highest BCUT2D eigenvalue weighted by atomic mass is 32.2. The van der Waals surface area contributed by atoms with Crippen LogP contribution >= 0.6 is 11.8 Å². The van der Waals surface area contributed by atoms with Crippen LogP contribution in [-0.2, 0) is 0 Å². The molecule has 2 aromatic rings. The Hall–Kier alpha value is -1.49. The van der Waals surface area contributed by atoms with Crippen LogP contribution in [0.4, 0.5) is 5.82 Å². The number of hydrogen-bond donors (Lipinski definition) is 0. The molecular weight excluding hydrogens is 306 g/mol. The molecule has 122 valence electrons. The Morgan fingerprint density at radius 2 is 2.09 bits per heavy atom.